The molecule has 7 nitrogen and oxygen atoms in total. The number of benzene rings is 2. The molecule has 0 unspecified atom stereocenters. The molecule has 1 saturated heterocycles. The van der Waals surface area contributed by atoms with Crippen molar-refractivity contribution >= 4 is 23.2 Å². The van der Waals surface area contributed by atoms with Crippen LogP contribution in [0.1, 0.15) is 23.6 Å². The van der Waals surface area contributed by atoms with E-state index in [1.54, 1.807) is 0 Å². The summed E-state index contributed by atoms with van der Waals surface area (Å²) in [7, 11) is 2.08. The second kappa shape index (κ2) is 10.3. The van der Waals surface area contributed by atoms with Crippen LogP contribution in [0.3, 0.4) is 0 Å². The highest BCUT2D eigenvalue weighted by Crippen LogP contribution is 2.31. The molecular weight excluding hydrogens is 430 g/mol. The number of halogens is 2. The van der Waals surface area contributed by atoms with Gasteiger partial charge >= 0.3 is 11.8 Å². The summed E-state index contributed by atoms with van der Waals surface area (Å²) in [6, 6.07) is 8.98. The maximum absolute atomic E-state index is 13.8. The molecule has 0 spiro atoms. The Kier molecular flexibility index (Phi) is 7.20. The minimum absolute atomic E-state index is 0.134. The summed E-state index contributed by atoms with van der Waals surface area (Å²) in [4.78, 5) is 29.2. The molecule has 33 heavy (non-hydrogen) atoms. The minimum Gasteiger partial charge on any atom is -0.379 e. The monoisotopic (exact) mass is 458 g/mol. The van der Waals surface area contributed by atoms with Crippen LogP contribution in [0.15, 0.2) is 36.4 Å². The third kappa shape index (κ3) is 5.48. The Labute approximate surface area is 191 Å². The fourth-order valence-electron chi connectivity index (χ4n) is 4.40. The lowest BCUT2D eigenvalue weighted by molar-refractivity contribution is -0.136. The zero-order valence-electron chi connectivity index (χ0n) is 18.6. The van der Waals surface area contributed by atoms with Gasteiger partial charge in [0.25, 0.3) is 0 Å². The van der Waals surface area contributed by atoms with Crippen LogP contribution in [0, 0.1) is 11.6 Å². The van der Waals surface area contributed by atoms with Gasteiger partial charge in [-0.2, -0.15) is 0 Å². The van der Waals surface area contributed by atoms with Gasteiger partial charge in [0, 0.05) is 45.0 Å². The zero-order valence-corrected chi connectivity index (χ0v) is 18.6. The second-order valence-corrected chi connectivity index (χ2v) is 8.37. The summed E-state index contributed by atoms with van der Waals surface area (Å²) in [6.45, 7) is 3.87. The predicted molar refractivity (Wildman–Crippen MR) is 121 cm³/mol. The molecule has 2 aliphatic heterocycles. The van der Waals surface area contributed by atoms with Gasteiger partial charge < -0.3 is 20.3 Å². The molecule has 0 aromatic heterocycles. The quantitative estimate of drug-likeness (QED) is 0.674. The largest absolute Gasteiger partial charge is 0.379 e. The van der Waals surface area contributed by atoms with Crippen molar-refractivity contribution < 1.29 is 23.1 Å². The fraction of sp³-hybridized carbons (Fsp3) is 0.417. The van der Waals surface area contributed by atoms with Crippen molar-refractivity contribution in [2.45, 2.75) is 18.9 Å². The summed E-state index contributed by atoms with van der Waals surface area (Å²) in [6.07, 6.45) is 2.09. The Bertz CT molecular complexity index is 1030. The van der Waals surface area contributed by atoms with Crippen LogP contribution in [-0.2, 0) is 20.7 Å². The Balaban J connectivity index is 1.46. The van der Waals surface area contributed by atoms with Crippen LogP contribution in [0.5, 0.6) is 0 Å². The molecule has 4 rings (SSSR count). The normalized spacial score (nSPS) is 17.2. The Morgan fingerprint density at radius 3 is 2.61 bits per heavy atom. The first-order chi connectivity index (χ1) is 15.9. The number of fused-ring (bicyclic) bond motifs is 1. The topological polar surface area (TPSA) is 73.9 Å². The second-order valence-electron chi connectivity index (χ2n) is 8.37. The first-order valence-electron chi connectivity index (χ1n) is 11.1. The van der Waals surface area contributed by atoms with Crippen LogP contribution in [0.25, 0.3) is 0 Å². The van der Waals surface area contributed by atoms with E-state index in [4.69, 9.17) is 4.74 Å². The molecule has 9 heteroatoms. The lowest BCUT2D eigenvalue weighted by atomic mass is 9.95. The number of nitrogens with one attached hydrogen (secondary N) is 2. The average Bonchev–Trinajstić information content (AvgIpc) is 2.81. The first-order valence-corrected chi connectivity index (χ1v) is 11.1. The lowest BCUT2D eigenvalue weighted by Gasteiger charge is -2.36. The number of carbonyl (C=O) groups excluding carboxylic acids is 2. The Morgan fingerprint density at radius 2 is 1.85 bits per heavy atom. The van der Waals surface area contributed by atoms with Gasteiger partial charge in [-0.1, -0.05) is 12.1 Å². The van der Waals surface area contributed by atoms with Crippen molar-refractivity contribution in [2.24, 2.45) is 0 Å². The van der Waals surface area contributed by atoms with E-state index in [-0.39, 0.29) is 18.3 Å². The number of nitrogens with zero attached hydrogens (tertiary/aromatic N) is 2. The van der Waals surface area contributed by atoms with Crippen molar-refractivity contribution in [2.75, 3.05) is 56.7 Å². The van der Waals surface area contributed by atoms with Crippen LogP contribution in [0.4, 0.5) is 20.2 Å². The zero-order chi connectivity index (χ0) is 23.4. The summed E-state index contributed by atoms with van der Waals surface area (Å²) in [5, 5.41) is 4.87. The predicted octanol–water partition coefficient (Wildman–Crippen LogP) is 2.48. The van der Waals surface area contributed by atoms with E-state index in [9.17, 15) is 18.4 Å². The SMILES string of the molecule is CN1CCCc2cc([C@@H](CNC(=O)C(=O)Nc3ccc(F)cc3F)N3CCOCC3)ccc21. The van der Waals surface area contributed by atoms with Crippen molar-refractivity contribution in [3.05, 3.63) is 59.2 Å². The van der Waals surface area contributed by atoms with Gasteiger partial charge in [-0.05, 0) is 42.2 Å². The molecule has 1 atom stereocenters. The maximum atomic E-state index is 13.8. The minimum atomic E-state index is -1.01. The Hall–Kier alpha value is -3.04. The first kappa shape index (κ1) is 23.1. The molecule has 0 aliphatic carbocycles. The standard InChI is InChI=1S/C24H28F2N4O3/c1-29-8-2-3-16-13-17(4-7-21(16)29)22(30-9-11-33-12-10-30)15-27-23(31)24(32)28-20-6-5-18(25)14-19(20)26/h4-7,13-14,22H,2-3,8-12,15H2,1H3,(H,27,31)(H,28,32)/t22-/m1/s1. The van der Waals surface area contributed by atoms with Gasteiger partial charge in [-0.3, -0.25) is 14.5 Å². The van der Waals surface area contributed by atoms with Gasteiger partial charge in [-0.15, -0.1) is 0 Å². The number of morpholine rings is 1. The molecule has 2 N–H and O–H groups in total. The molecule has 1 fully saturated rings. The molecule has 2 heterocycles. The number of rotatable bonds is 5. The number of ether oxygens (including phenoxy) is 1. The molecule has 2 amide bonds. The van der Waals surface area contributed by atoms with E-state index in [2.05, 4.69) is 45.7 Å². The van der Waals surface area contributed by atoms with Crippen molar-refractivity contribution in [3.63, 3.8) is 0 Å². The summed E-state index contributed by atoms with van der Waals surface area (Å²) in [5.41, 5.74) is 3.31. The Morgan fingerprint density at radius 1 is 1.06 bits per heavy atom. The number of amides is 2. The van der Waals surface area contributed by atoms with Crippen LogP contribution < -0.4 is 15.5 Å². The van der Waals surface area contributed by atoms with Crippen LogP contribution in [0.2, 0.25) is 0 Å². The molecule has 2 aliphatic rings. The van der Waals surface area contributed by atoms with E-state index in [0.29, 0.717) is 32.4 Å². The third-order valence-electron chi connectivity index (χ3n) is 6.17. The number of hydrogen-bond acceptors (Lipinski definition) is 5. The number of carbonyl (C=O) groups is 2. The van der Waals surface area contributed by atoms with Crippen LogP contribution in [-0.4, -0.2) is 63.2 Å². The average molecular weight is 459 g/mol. The molecule has 2 aromatic rings. The lowest BCUT2D eigenvalue weighted by Crippen LogP contribution is -2.45. The fourth-order valence-corrected chi connectivity index (χ4v) is 4.40. The van der Waals surface area contributed by atoms with Gasteiger partial charge in [-0.25, -0.2) is 8.78 Å². The highest BCUT2D eigenvalue weighted by molar-refractivity contribution is 6.39. The number of anilines is 2. The summed E-state index contributed by atoms with van der Waals surface area (Å²) >= 11 is 0. The number of aryl methyl sites for hydroxylation is 1. The third-order valence-corrected chi connectivity index (χ3v) is 6.17. The molecule has 0 saturated carbocycles. The highest BCUT2D eigenvalue weighted by atomic mass is 19.1. The maximum Gasteiger partial charge on any atom is 0.313 e. The molecule has 176 valence electrons. The summed E-state index contributed by atoms with van der Waals surface area (Å²) in [5.74, 6) is -3.59. The van der Waals surface area contributed by atoms with E-state index in [1.807, 2.05) is 0 Å². The molecular formula is C24H28F2N4O3. The van der Waals surface area contributed by atoms with E-state index in [0.717, 1.165) is 37.1 Å². The smallest absolute Gasteiger partial charge is 0.313 e. The van der Waals surface area contributed by atoms with Gasteiger partial charge in [0.1, 0.15) is 11.6 Å². The van der Waals surface area contributed by atoms with E-state index in [1.165, 1.54) is 11.3 Å². The van der Waals surface area contributed by atoms with Crippen molar-refractivity contribution in [1.29, 1.82) is 0 Å². The van der Waals surface area contributed by atoms with Gasteiger partial charge in [0.05, 0.1) is 24.9 Å². The van der Waals surface area contributed by atoms with Gasteiger partial charge in [0.2, 0.25) is 0 Å². The molecule has 0 radical (unpaired) electrons. The van der Waals surface area contributed by atoms with Crippen LogP contribution >= 0.6 is 0 Å². The van der Waals surface area contributed by atoms with E-state index >= 15 is 0 Å². The van der Waals surface area contributed by atoms with Crippen molar-refractivity contribution in [3.8, 4) is 0 Å². The molecule has 0 bridgehead atoms. The highest BCUT2D eigenvalue weighted by Gasteiger charge is 2.26. The summed E-state index contributed by atoms with van der Waals surface area (Å²) < 4.78 is 32.4. The van der Waals surface area contributed by atoms with Crippen molar-refractivity contribution in [1.82, 2.24) is 10.2 Å². The number of hydrogen-bond donors (Lipinski definition) is 2. The molecule has 2 aromatic carbocycles. The van der Waals surface area contributed by atoms with E-state index < -0.39 is 23.4 Å². The van der Waals surface area contributed by atoms with Gasteiger partial charge in [0.15, 0.2) is 0 Å².